The highest BCUT2D eigenvalue weighted by atomic mass is 16.5. The van der Waals surface area contributed by atoms with Crippen LogP contribution in [0.3, 0.4) is 0 Å². The maximum Gasteiger partial charge on any atom is 0.161 e. The van der Waals surface area contributed by atoms with Crippen molar-refractivity contribution in [1.82, 2.24) is 0 Å². The molecule has 0 spiro atoms. The summed E-state index contributed by atoms with van der Waals surface area (Å²) >= 11 is 0. The third-order valence-electron chi connectivity index (χ3n) is 3.01. The van der Waals surface area contributed by atoms with E-state index in [0.717, 1.165) is 37.2 Å². The van der Waals surface area contributed by atoms with E-state index in [1.54, 1.807) is 0 Å². The SMILES string of the molecule is CCCOc1ccccc1O[C@H]1CCC[C@@H]1O. The normalized spacial score (nSPS) is 23.6. The van der Waals surface area contributed by atoms with Crippen LogP contribution in [0.25, 0.3) is 0 Å². The first kappa shape index (κ1) is 12.2. The maximum atomic E-state index is 9.75. The molecule has 3 heteroatoms. The summed E-state index contributed by atoms with van der Waals surface area (Å²) < 4.78 is 11.5. The van der Waals surface area contributed by atoms with Crippen molar-refractivity contribution in [1.29, 1.82) is 0 Å². The van der Waals surface area contributed by atoms with Gasteiger partial charge in [0.1, 0.15) is 6.10 Å². The average Bonchev–Trinajstić information content (AvgIpc) is 2.74. The van der Waals surface area contributed by atoms with Crippen LogP contribution in [-0.2, 0) is 0 Å². The molecular weight excluding hydrogens is 216 g/mol. The molecule has 0 bridgehead atoms. The molecule has 0 radical (unpaired) electrons. The third kappa shape index (κ3) is 3.13. The van der Waals surface area contributed by atoms with Crippen molar-refractivity contribution >= 4 is 0 Å². The fourth-order valence-electron chi connectivity index (χ4n) is 2.09. The lowest BCUT2D eigenvalue weighted by atomic mass is 10.2. The summed E-state index contributed by atoms with van der Waals surface area (Å²) in [5.74, 6) is 1.51. The van der Waals surface area contributed by atoms with E-state index in [1.807, 2.05) is 24.3 Å². The molecule has 0 aliphatic heterocycles. The van der Waals surface area contributed by atoms with Gasteiger partial charge in [-0.1, -0.05) is 19.1 Å². The monoisotopic (exact) mass is 236 g/mol. The van der Waals surface area contributed by atoms with Crippen LogP contribution in [-0.4, -0.2) is 23.9 Å². The standard InChI is InChI=1S/C14H20O3/c1-2-10-16-13-7-3-4-8-14(13)17-12-9-5-6-11(12)15/h3-4,7-8,11-12,15H,2,5-6,9-10H2,1H3/t11-,12-/m0/s1. The summed E-state index contributed by atoms with van der Waals surface area (Å²) in [5.41, 5.74) is 0. The van der Waals surface area contributed by atoms with Crippen molar-refractivity contribution in [3.63, 3.8) is 0 Å². The molecule has 0 unspecified atom stereocenters. The number of hydrogen-bond donors (Lipinski definition) is 1. The van der Waals surface area contributed by atoms with Crippen LogP contribution in [0.4, 0.5) is 0 Å². The number of benzene rings is 1. The minimum atomic E-state index is -0.339. The van der Waals surface area contributed by atoms with Gasteiger partial charge in [0, 0.05) is 0 Å². The Hall–Kier alpha value is -1.22. The minimum absolute atomic E-state index is 0.0821. The van der Waals surface area contributed by atoms with E-state index in [0.29, 0.717) is 6.61 Å². The quantitative estimate of drug-likeness (QED) is 0.854. The maximum absolute atomic E-state index is 9.75. The molecule has 1 saturated carbocycles. The molecule has 2 atom stereocenters. The van der Waals surface area contributed by atoms with E-state index in [-0.39, 0.29) is 12.2 Å². The molecule has 0 heterocycles. The van der Waals surface area contributed by atoms with Crippen molar-refractivity contribution in [3.8, 4) is 11.5 Å². The molecule has 0 amide bonds. The van der Waals surface area contributed by atoms with Crippen molar-refractivity contribution in [3.05, 3.63) is 24.3 Å². The van der Waals surface area contributed by atoms with Crippen LogP contribution in [0.5, 0.6) is 11.5 Å². The Morgan fingerprint density at radius 1 is 1.24 bits per heavy atom. The molecule has 1 N–H and O–H groups in total. The van der Waals surface area contributed by atoms with Gasteiger partial charge < -0.3 is 14.6 Å². The summed E-state index contributed by atoms with van der Waals surface area (Å²) in [6.07, 6.45) is 3.34. The summed E-state index contributed by atoms with van der Waals surface area (Å²) in [4.78, 5) is 0. The van der Waals surface area contributed by atoms with Gasteiger partial charge in [-0.05, 0) is 37.8 Å². The number of ether oxygens (including phenoxy) is 2. The fourth-order valence-corrected chi connectivity index (χ4v) is 2.09. The van der Waals surface area contributed by atoms with Gasteiger partial charge in [0.2, 0.25) is 0 Å². The van der Waals surface area contributed by atoms with Gasteiger partial charge in [-0.25, -0.2) is 0 Å². The number of hydrogen-bond acceptors (Lipinski definition) is 3. The van der Waals surface area contributed by atoms with Crippen LogP contribution in [0.1, 0.15) is 32.6 Å². The Labute approximate surface area is 102 Å². The first-order valence-electron chi connectivity index (χ1n) is 6.38. The highest BCUT2D eigenvalue weighted by molar-refractivity contribution is 5.39. The molecule has 1 aromatic carbocycles. The van der Waals surface area contributed by atoms with Gasteiger partial charge in [-0.2, -0.15) is 0 Å². The summed E-state index contributed by atoms with van der Waals surface area (Å²) in [5, 5.41) is 9.75. The highest BCUT2D eigenvalue weighted by Crippen LogP contribution is 2.31. The topological polar surface area (TPSA) is 38.7 Å². The van der Waals surface area contributed by atoms with Gasteiger partial charge in [0.15, 0.2) is 11.5 Å². The zero-order valence-electron chi connectivity index (χ0n) is 10.3. The lowest BCUT2D eigenvalue weighted by molar-refractivity contribution is 0.0581. The first-order chi connectivity index (χ1) is 8.31. The Morgan fingerprint density at radius 2 is 2.00 bits per heavy atom. The number of aliphatic hydroxyl groups excluding tert-OH is 1. The van der Waals surface area contributed by atoms with Crippen LogP contribution >= 0.6 is 0 Å². The van der Waals surface area contributed by atoms with Gasteiger partial charge in [0.05, 0.1) is 12.7 Å². The molecule has 2 rings (SSSR count). The van der Waals surface area contributed by atoms with E-state index in [2.05, 4.69) is 6.92 Å². The zero-order chi connectivity index (χ0) is 12.1. The van der Waals surface area contributed by atoms with Crippen molar-refractivity contribution < 1.29 is 14.6 Å². The molecule has 17 heavy (non-hydrogen) atoms. The second-order valence-electron chi connectivity index (χ2n) is 4.45. The predicted octanol–water partition coefficient (Wildman–Crippen LogP) is 2.77. The molecule has 0 saturated heterocycles. The molecule has 1 fully saturated rings. The third-order valence-corrected chi connectivity index (χ3v) is 3.01. The van der Waals surface area contributed by atoms with E-state index in [4.69, 9.17) is 9.47 Å². The second kappa shape index (κ2) is 5.92. The number of para-hydroxylation sites is 2. The van der Waals surface area contributed by atoms with Crippen LogP contribution in [0.15, 0.2) is 24.3 Å². The molecule has 1 aliphatic rings. The number of aliphatic hydroxyl groups is 1. The van der Waals surface area contributed by atoms with E-state index in [1.165, 1.54) is 0 Å². The van der Waals surface area contributed by atoms with Crippen molar-refractivity contribution in [2.45, 2.75) is 44.8 Å². The summed E-state index contributed by atoms with van der Waals surface area (Å²) in [6.45, 7) is 2.76. The molecule has 0 aromatic heterocycles. The molecular formula is C14H20O3. The summed E-state index contributed by atoms with van der Waals surface area (Å²) in [6, 6.07) is 7.67. The number of rotatable bonds is 5. The van der Waals surface area contributed by atoms with Crippen molar-refractivity contribution in [2.24, 2.45) is 0 Å². The minimum Gasteiger partial charge on any atom is -0.490 e. The lowest BCUT2D eigenvalue weighted by Gasteiger charge is -2.19. The second-order valence-corrected chi connectivity index (χ2v) is 4.45. The van der Waals surface area contributed by atoms with Crippen molar-refractivity contribution in [2.75, 3.05) is 6.61 Å². The Bertz CT molecular complexity index is 351. The lowest BCUT2D eigenvalue weighted by Crippen LogP contribution is -2.25. The molecule has 3 nitrogen and oxygen atoms in total. The van der Waals surface area contributed by atoms with Gasteiger partial charge >= 0.3 is 0 Å². The predicted molar refractivity (Wildman–Crippen MR) is 66.5 cm³/mol. The zero-order valence-corrected chi connectivity index (χ0v) is 10.3. The van der Waals surface area contributed by atoms with E-state index < -0.39 is 0 Å². The van der Waals surface area contributed by atoms with Gasteiger partial charge in [-0.3, -0.25) is 0 Å². The summed E-state index contributed by atoms with van der Waals surface area (Å²) in [7, 11) is 0. The first-order valence-corrected chi connectivity index (χ1v) is 6.38. The Kier molecular flexibility index (Phi) is 4.26. The Morgan fingerprint density at radius 3 is 2.65 bits per heavy atom. The van der Waals surface area contributed by atoms with Crippen LogP contribution in [0.2, 0.25) is 0 Å². The average molecular weight is 236 g/mol. The Balaban J connectivity index is 2.03. The van der Waals surface area contributed by atoms with E-state index >= 15 is 0 Å². The largest absolute Gasteiger partial charge is 0.490 e. The van der Waals surface area contributed by atoms with Gasteiger partial charge in [-0.15, -0.1) is 0 Å². The molecule has 94 valence electrons. The fraction of sp³-hybridized carbons (Fsp3) is 0.571. The van der Waals surface area contributed by atoms with Gasteiger partial charge in [0.25, 0.3) is 0 Å². The van der Waals surface area contributed by atoms with Crippen LogP contribution < -0.4 is 9.47 Å². The van der Waals surface area contributed by atoms with Crippen LogP contribution in [0, 0.1) is 0 Å². The smallest absolute Gasteiger partial charge is 0.161 e. The molecule has 1 aliphatic carbocycles. The molecule has 1 aromatic rings. The van der Waals surface area contributed by atoms with E-state index in [9.17, 15) is 5.11 Å². The highest BCUT2D eigenvalue weighted by Gasteiger charge is 2.27.